The molecule has 6 nitrogen and oxygen atoms in total. The Morgan fingerprint density at radius 2 is 2.04 bits per heavy atom. The molecule has 0 bridgehead atoms. The number of nitrogens with one attached hydrogen (secondary N) is 1. The zero-order valence-corrected chi connectivity index (χ0v) is 16.8. The molecule has 3 rings (SSSR count). The number of hydrogen-bond donors (Lipinski definition) is 1. The molecule has 1 aliphatic heterocycles. The summed E-state index contributed by atoms with van der Waals surface area (Å²) in [7, 11) is 0. The van der Waals surface area contributed by atoms with Gasteiger partial charge in [0, 0.05) is 12.6 Å². The van der Waals surface area contributed by atoms with E-state index in [9.17, 15) is 14.4 Å². The first-order valence-electron chi connectivity index (χ1n) is 8.95. The maximum atomic E-state index is 12.5. The fourth-order valence-electron chi connectivity index (χ4n) is 2.44. The zero-order valence-electron chi connectivity index (χ0n) is 15.1. The van der Waals surface area contributed by atoms with Crippen LogP contribution in [0.25, 0.3) is 6.08 Å². The molecule has 8 heteroatoms. The summed E-state index contributed by atoms with van der Waals surface area (Å²) in [5.41, 5.74) is 1.03. The summed E-state index contributed by atoms with van der Waals surface area (Å²) < 4.78 is 5.34. The molecule has 1 heterocycles. The first kappa shape index (κ1) is 20.3. The molecule has 1 saturated heterocycles. The van der Waals surface area contributed by atoms with Crippen molar-refractivity contribution in [1.29, 1.82) is 0 Å². The number of nitrogens with zero attached hydrogens (tertiary/aromatic N) is 1. The van der Waals surface area contributed by atoms with Crippen LogP contribution in [-0.2, 0) is 19.1 Å². The number of thioether (sulfide) groups is 1. The van der Waals surface area contributed by atoms with E-state index < -0.39 is 5.97 Å². The van der Waals surface area contributed by atoms with E-state index in [1.807, 2.05) is 36.4 Å². The van der Waals surface area contributed by atoms with Crippen LogP contribution in [0.2, 0.25) is 0 Å². The average molecular weight is 417 g/mol. The Balaban J connectivity index is 1.45. The van der Waals surface area contributed by atoms with Gasteiger partial charge in [-0.1, -0.05) is 66.5 Å². The lowest BCUT2D eigenvalue weighted by Gasteiger charge is -2.13. The predicted molar refractivity (Wildman–Crippen MR) is 112 cm³/mol. The highest BCUT2D eigenvalue weighted by molar-refractivity contribution is 8.26. The van der Waals surface area contributed by atoms with Crippen LogP contribution in [0.15, 0.2) is 47.4 Å². The number of benzene rings is 1. The van der Waals surface area contributed by atoms with E-state index in [0.717, 1.165) is 18.4 Å². The van der Waals surface area contributed by atoms with Gasteiger partial charge in [-0.15, -0.1) is 0 Å². The number of allylic oxidation sites excluding steroid dienone is 2. The fraction of sp³-hybridized carbons (Fsp3) is 0.300. The number of carbonyl (C=O) groups excluding carboxylic acids is 3. The molecule has 0 atom stereocenters. The number of thiocarbonyl (C=S) groups is 1. The molecule has 1 N–H and O–H groups in total. The summed E-state index contributed by atoms with van der Waals surface area (Å²) in [6.07, 6.45) is 7.35. The van der Waals surface area contributed by atoms with E-state index in [2.05, 4.69) is 5.32 Å². The van der Waals surface area contributed by atoms with E-state index in [1.54, 1.807) is 12.2 Å². The minimum atomic E-state index is -0.534. The standard InChI is InChI=1S/C20H20N2O4S2/c23-17(21-15-9-10-15)13-26-18(24)11-12-22-19(25)16(28-20(22)27)8-4-7-14-5-2-1-3-6-14/h1-8,15H,9-13H2,(H,21,23)/b7-4+,16-8+. The van der Waals surface area contributed by atoms with E-state index >= 15 is 0 Å². The van der Waals surface area contributed by atoms with Crippen molar-refractivity contribution in [2.24, 2.45) is 0 Å². The fourth-order valence-corrected chi connectivity index (χ4v) is 3.70. The number of ether oxygens (including phenoxy) is 1. The van der Waals surface area contributed by atoms with Crippen LogP contribution in [0.4, 0.5) is 0 Å². The minimum absolute atomic E-state index is 0.0176. The molecular formula is C20H20N2O4S2. The van der Waals surface area contributed by atoms with E-state index in [-0.39, 0.29) is 37.4 Å². The van der Waals surface area contributed by atoms with Gasteiger partial charge in [0.1, 0.15) is 4.32 Å². The molecule has 0 aromatic heterocycles. The number of carbonyl (C=O) groups is 3. The molecule has 0 radical (unpaired) electrons. The molecule has 0 unspecified atom stereocenters. The lowest BCUT2D eigenvalue weighted by molar-refractivity contribution is -0.148. The van der Waals surface area contributed by atoms with E-state index in [0.29, 0.717) is 9.23 Å². The Bertz CT molecular complexity index is 832. The average Bonchev–Trinajstić information content (AvgIpc) is 3.45. The van der Waals surface area contributed by atoms with Crippen molar-refractivity contribution < 1.29 is 19.1 Å². The summed E-state index contributed by atoms with van der Waals surface area (Å²) in [5.74, 6) is -1.06. The first-order chi connectivity index (χ1) is 13.5. The van der Waals surface area contributed by atoms with Gasteiger partial charge in [0.25, 0.3) is 11.8 Å². The molecule has 2 fully saturated rings. The summed E-state index contributed by atoms with van der Waals surface area (Å²) in [5, 5.41) is 2.74. The minimum Gasteiger partial charge on any atom is -0.456 e. The van der Waals surface area contributed by atoms with Crippen LogP contribution >= 0.6 is 24.0 Å². The number of hydrogen-bond acceptors (Lipinski definition) is 6. The van der Waals surface area contributed by atoms with Crippen molar-refractivity contribution in [1.82, 2.24) is 10.2 Å². The smallest absolute Gasteiger partial charge is 0.308 e. The molecule has 1 aromatic rings. The topological polar surface area (TPSA) is 75.7 Å². The van der Waals surface area contributed by atoms with Crippen LogP contribution in [0, 0.1) is 0 Å². The third kappa shape index (κ3) is 6.03. The third-order valence-corrected chi connectivity index (χ3v) is 5.45. The maximum Gasteiger partial charge on any atom is 0.308 e. The Hall–Kier alpha value is -2.45. The first-order valence-corrected chi connectivity index (χ1v) is 10.2. The van der Waals surface area contributed by atoms with Gasteiger partial charge in [-0.25, -0.2) is 0 Å². The predicted octanol–water partition coefficient (Wildman–Crippen LogP) is 2.66. The van der Waals surface area contributed by atoms with Crippen LogP contribution in [0.5, 0.6) is 0 Å². The highest BCUT2D eigenvalue weighted by Crippen LogP contribution is 2.31. The lowest BCUT2D eigenvalue weighted by Crippen LogP contribution is -2.33. The molecule has 0 spiro atoms. The van der Waals surface area contributed by atoms with Crippen molar-refractivity contribution in [3.8, 4) is 0 Å². The van der Waals surface area contributed by atoms with Gasteiger partial charge in [0.2, 0.25) is 0 Å². The highest BCUT2D eigenvalue weighted by atomic mass is 32.2. The number of rotatable bonds is 8. The Morgan fingerprint density at radius 3 is 2.75 bits per heavy atom. The number of esters is 1. The van der Waals surface area contributed by atoms with Crippen molar-refractivity contribution in [3.05, 3.63) is 53.0 Å². The second kappa shape index (κ2) is 9.66. The second-order valence-corrected chi connectivity index (χ2v) is 8.05. The van der Waals surface area contributed by atoms with Gasteiger partial charge in [-0.2, -0.15) is 0 Å². The summed E-state index contributed by atoms with van der Waals surface area (Å²) in [6, 6.07) is 9.97. The molecule has 1 saturated carbocycles. The largest absolute Gasteiger partial charge is 0.456 e. The van der Waals surface area contributed by atoms with Crippen LogP contribution in [0.1, 0.15) is 24.8 Å². The Kier molecular flexibility index (Phi) is 7.00. The Labute approximate surface area is 173 Å². The van der Waals surface area contributed by atoms with E-state index in [4.69, 9.17) is 17.0 Å². The zero-order chi connectivity index (χ0) is 19.9. The third-order valence-electron chi connectivity index (χ3n) is 4.06. The molecule has 2 amide bonds. The maximum absolute atomic E-state index is 12.5. The van der Waals surface area contributed by atoms with Crippen molar-refractivity contribution in [3.63, 3.8) is 0 Å². The van der Waals surface area contributed by atoms with Gasteiger partial charge in [0.05, 0.1) is 11.3 Å². The van der Waals surface area contributed by atoms with Gasteiger partial charge < -0.3 is 10.1 Å². The molecule has 28 heavy (non-hydrogen) atoms. The van der Waals surface area contributed by atoms with Crippen LogP contribution in [-0.4, -0.2) is 46.2 Å². The molecule has 1 aliphatic carbocycles. The summed E-state index contributed by atoms with van der Waals surface area (Å²) >= 11 is 6.44. The van der Waals surface area contributed by atoms with Crippen molar-refractivity contribution >= 4 is 52.2 Å². The molecule has 1 aromatic carbocycles. The quantitative estimate of drug-likeness (QED) is 0.399. The van der Waals surface area contributed by atoms with Crippen molar-refractivity contribution in [2.45, 2.75) is 25.3 Å². The second-order valence-electron chi connectivity index (χ2n) is 6.38. The number of amides is 2. The van der Waals surface area contributed by atoms with Gasteiger partial charge in [0.15, 0.2) is 6.61 Å². The van der Waals surface area contributed by atoms with Gasteiger partial charge in [-0.05, 0) is 24.5 Å². The monoisotopic (exact) mass is 416 g/mol. The van der Waals surface area contributed by atoms with Crippen LogP contribution < -0.4 is 5.32 Å². The summed E-state index contributed by atoms with van der Waals surface area (Å²) in [4.78, 5) is 37.7. The molecule has 2 aliphatic rings. The molecular weight excluding hydrogens is 396 g/mol. The van der Waals surface area contributed by atoms with Gasteiger partial charge in [-0.3, -0.25) is 19.3 Å². The summed E-state index contributed by atoms with van der Waals surface area (Å²) in [6.45, 7) is -0.161. The van der Waals surface area contributed by atoms with Crippen LogP contribution in [0.3, 0.4) is 0 Å². The SMILES string of the molecule is O=C(COC(=O)CCN1C(=O)/C(=C\C=C\c2ccccc2)SC1=S)NC1CC1. The van der Waals surface area contributed by atoms with E-state index in [1.165, 1.54) is 16.7 Å². The lowest BCUT2D eigenvalue weighted by atomic mass is 10.2. The Morgan fingerprint density at radius 1 is 1.29 bits per heavy atom. The van der Waals surface area contributed by atoms with Crippen molar-refractivity contribution in [2.75, 3.05) is 13.2 Å². The highest BCUT2D eigenvalue weighted by Gasteiger charge is 2.32. The normalized spacial score (nSPS) is 18.1. The molecule has 146 valence electrons. The van der Waals surface area contributed by atoms with Gasteiger partial charge >= 0.3 is 5.97 Å².